The molecule has 1 aromatic rings. The Morgan fingerprint density at radius 2 is 2.00 bits per heavy atom. The van der Waals surface area contributed by atoms with Gasteiger partial charge in [-0.25, -0.2) is 0 Å². The van der Waals surface area contributed by atoms with E-state index in [0.717, 1.165) is 5.75 Å². The van der Waals surface area contributed by atoms with Crippen molar-refractivity contribution in [3.8, 4) is 5.75 Å². The van der Waals surface area contributed by atoms with Crippen molar-refractivity contribution in [2.75, 3.05) is 21.2 Å². The van der Waals surface area contributed by atoms with Gasteiger partial charge in [-0.3, -0.25) is 0 Å². The normalized spacial score (nSPS) is 15.1. The third-order valence-electron chi connectivity index (χ3n) is 2.49. The Hall–Kier alpha value is -1.06. The third-order valence-corrected chi connectivity index (χ3v) is 2.49. The lowest BCUT2D eigenvalue weighted by molar-refractivity contribution is 0.265. The van der Waals surface area contributed by atoms with E-state index in [1.165, 1.54) is 5.56 Å². The van der Waals surface area contributed by atoms with Gasteiger partial charge in [0.05, 0.1) is 7.11 Å². The molecule has 0 aliphatic carbocycles. The fraction of sp³-hybridized carbons (Fsp3) is 0.500. The number of ether oxygens (including phenoxy) is 1. The molecular formula is C12H20N2O. The first-order chi connectivity index (χ1) is 7.06. The van der Waals surface area contributed by atoms with Gasteiger partial charge in [-0.2, -0.15) is 0 Å². The molecular weight excluding hydrogens is 188 g/mol. The molecule has 0 saturated heterocycles. The second-order valence-corrected chi connectivity index (χ2v) is 4.04. The van der Waals surface area contributed by atoms with Crippen LogP contribution < -0.4 is 10.5 Å². The molecule has 0 radical (unpaired) electrons. The molecule has 0 fully saturated rings. The van der Waals surface area contributed by atoms with Crippen LogP contribution in [0.25, 0.3) is 0 Å². The van der Waals surface area contributed by atoms with Gasteiger partial charge in [0, 0.05) is 12.1 Å². The Morgan fingerprint density at radius 3 is 2.47 bits per heavy atom. The van der Waals surface area contributed by atoms with Crippen molar-refractivity contribution < 1.29 is 4.74 Å². The van der Waals surface area contributed by atoms with Gasteiger partial charge < -0.3 is 15.4 Å². The minimum absolute atomic E-state index is 0.0899. The molecule has 0 bridgehead atoms. The molecule has 15 heavy (non-hydrogen) atoms. The summed E-state index contributed by atoms with van der Waals surface area (Å²) in [5, 5.41) is 0. The Bertz CT molecular complexity index is 302. The fourth-order valence-electron chi connectivity index (χ4n) is 1.90. The minimum atomic E-state index is 0.0899. The number of nitrogens with zero attached hydrogens (tertiary/aromatic N) is 1. The van der Waals surface area contributed by atoms with Crippen molar-refractivity contribution in [2.45, 2.75) is 19.0 Å². The van der Waals surface area contributed by atoms with E-state index in [1.54, 1.807) is 7.11 Å². The summed E-state index contributed by atoms with van der Waals surface area (Å²) in [7, 11) is 5.75. The molecule has 84 valence electrons. The van der Waals surface area contributed by atoms with Crippen LogP contribution in [0.1, 0.15) is 18.5 Å². The zero-order chi connectivity index (χ0) is 11.4. The second kappa shape index (κ2) is 5.14. The highest BCUT2D eigenvalue weighted by Crippen LogP contribution is 2.24. The molecule has 2 unspecified atom stereocenters. The lowest BCUT2D eigenvalue weighted by Crippen LogP contribution is -2.35. The highest BCUT2D eigenvalue weighted by Gasteiger charge is 2.18. The SMILES string of the molecule is COc1cccc(C(C(C)N)N(C)C)c1. The van der Waals surface area contributed by atoms with E-state index >= 15 is 0 Å². The van der Waals surface area contributed by atoms with Crippen molar-refractivity contribution >= 4 is 0 Å². The van der Waals surface area contributed by atoms with E-state index in [2.05, 4.69) is 11.0 Å². The van der Waals surface area contributed by atoms with E-state index in [4.69, 9.17) is 10.5 Å². The molecule has 0 heterocycles. The van der Waals surface area contributed by atoms with Gasteiger partial charge in [-0.15, -0.1) is 0 Å². The van der Waals surface area contributed by atoms with Crippen LogP contribution in [0.4, 0.5) is 0 Å². The molecule has 1 aromatic carbocycles. The van der Waals surface area contributed by atoms with E-state index in [9.17, 15) is 0 Å². The van der Waals surface area contributed by atoms with Crippen LogP contribution in [-0.2, 0) is 0 Å². The van der Waals surface area contributed by atoms with Gasteiger partial charge >= 0.3 is 0 Å². The summed E-state index contributed by atoms with van der Waals surface area (Å²) in [6, 6.07) is 8.36. The number of rotatable bonds is 4. The van der Waals surface area contributed by atoms with Gasteiger partial charge in [-0.05, 0) is 38.7 Å². The Morgan fingerprint density at radius 1 is 1.33 bits per heavy atom. The number of benzene rings is 1. The quantitative estimate of drug-likeness (QED) is 0.817. The van der Waals surface area contributed by atoms with Gasteiger partial charge in [0.2, 0.25) is 0 Å². The highest BCUT2D eigenvalue weighted by atomic mass is 16.5. The molecule has 0 aliphatic heterocycles. The van der Waals surface area contributed by atoms with E-state index < -0.39 is 0 Å². The third kappa shape index (κ3) is 2.94. The molecule has 3 nitrogen and oxygen atoms in total. The first kappa shape index (κ1) is 12.0. The lowest BCUT2D eigenvalue weighted by atomic mass is 10.00. The van der Waals surface area contributed by atoms with Crippen molar-refractivity contribution in [3.05, 3.63) is 29.8 Å². The molecule has 0 spiro atoms. The lowest BCUT2D eigenvalue weighted by Gasteiger charge is -2.28. The summed E-state index contributed by atoms with van der Waals surface area (Å²) in [5.74, 6) is 0.875. The largest absolute Gasteiger partial charge is 0.497 e. The molecule has 0 aliphatic rings. The number of hydrogen-bond acceptors (Lipinski definition) is 3. The van der Waals surface area contributed by atoms with Crippen LogP contribution in [0.3, 0.4) is 0 Å². The van der Waals surface area contributed by atoms with Crippen LogP contribution in [0, 0.1) is 0 Å². The standard InChI is InChI=1S/C12H20N2O/c1-9(13)12(14(2)3)10-6-5-7-11(8-10)15-4/h5-9,12H,13H2,1-4H3. The van der Waals surface area contributed by atoms with E-state index in [1.807, 2.05) is 39.2 Å². The molecule has 1 rings (SSSR count). The number of likely N-dealkylation sites (N-methyl/N-ethyl adjacent to an activating group) is 1. The minimum Gasteiger partial charge on any atom is -0.497 e. The maximum absolute atomic E-state index is 5.98. The van der Waals surface area contributed by atoms with Crippen LogP contribution in [-0.4, -0.2) is 32.1 Å². The summed E-state index contributed by atoms with van der Waals surface area (Å²) in [6.07, 6.45) is 0. The highest BCUT2D eigenvalue weighted by molar-refractivity contribution is 5.31. The molecule has 3 heteroatoms. The predicted octanol–water partition coefficient (Wildman–Crippen LogP) is 1.65. The molecule has 2 atom stereocenters. The van der Waals surface area contributed by atoms with Crippen molar-refractivity contribution in [1.29, 1.82) is 0 Å². The molecule has 0 amide bonds. The number of nitrogens with two attached hydrogens (primary N) is 1. The summed E-state index contributed by atoms with van der Waals surface area (Å²) < 4.78 is 5.21. The Labute approximate surface area is 91.8 Å². The van der Waals surface area contributed by atoms with Gasteiger partial charge in [-0.1, -0.05) is 12.1 Å². The Kier molecular flexibility index (Phi) is 4.12. The van der Waals surface area contributed by atoms with Crippen LogP contribution in [0.15, 0.2) is 24.3 Å². The molecule has 2 N–H and O–H groups in total. The summed E-state index contributed by atoms with van der Waals surface area (Å²) >= 11 is 0. The monoisotopic (exact) mass is 208 g/mol. The topological polar surface area (TPSA) is 38.5 Å². The summed E-state index contributed by atoms with van der Waals surface area (Å²) in [6.45, 7) is 2.02. The fourth-order valence-corrected chi connectivity index (χ4v) is 1.90. The van der Waals surface area contributed by atoms with Crippen LogP contribution in [0.5, 0.6) is 5.75 Å². The number of hydrogen-bond donors (Lipinski definition) is 1. The van der Waals surface area contributed by atoms with Gasteiger partial charge in [0.1, 0.15) is 5.75 Å². The second-order valence-electron chi connectivity index (χ2n) is 4.04. The van der Waals surface area contributed by atoms with E-state index in [0.29, 0.717) is 0 Å². The van der Waals surface area contributed by atoms with E-state index in [-0.39, 0.29) is 12.1 Å². The molecule has 0 aromatic heterocycles. The molecule has 0 saturated carbocycles. The first-order valence-corrected chi connectivity index (χ1v) is 5.12. The van der Waals surface area contributed by atoms with Crippen molar-refractivity contribution in [2.24, 2.45) is 5.73 Å². The van der Waals surface area contributed by atoms with Gasteiger partial charge in [0.15, 0.2) is 0 Å². The van der Waals surface area contributed by atoms with Crippen molar-refractivity contribution in [1.82, 2.24) is 4.90 Å². The average Bonchev–Trinajstić information content (AvgIpc) is 2.17. The zero-order valence-electron chi connectivity index (χ0n) is 9.90. The smallest absolute Gasteiger partial charge is 0.119 e. The van der Waals surface area contributed by atoms with Crippen LogP contribution in [0.2, 0.25) is 0 Å². The first-order valence-electron chi connectivity index (χ1n) is 5.12. The predicted molar refractivity (Wildman–Crippen MR) is 63.1 cm³/mol. The maximum atomic E-state index is 5.98. The number of methoxy groups -OCH3 is 1. The van der Waals surface area contributed by atoms with Crippen molar-refractivity contribution in [3.63, 3.8) is 0 Å². The summed E-state index contributed by atoms with van der Waals surface area (Å²) in [4.78, 5) is 2.12. The van der Waals surface area contributed by atoms with Gasteiger partial charge in [0.25, 0.3) is 0 Å². The Balaban J connectivity index is 3.00. The maximum Gasteiger partial charge on any atom is 0.119 e. The summed E-state index contributed by atoms with van der Waals surface area (Å²) in [5.41, 5.74) is 7.17. The van der Waals surface area contributed by atoms with Crippen LogP contribution >= 0.6 is 0 Å². The average molecular weight is 208 g/mol. The zero-order valence-corrected chi connectivity index (χ0v) is 9.90.